The zero-order valence-corrected chi connectivity index (χ0v) is 12.2. The maximum Gasteiger partial charge on any atom is 0.315 e. The molecule has 0 spiro atoms. The van der Waals surface area contributed by atoms with Crippen LogP contribution in [0.4, 0.5) is 4.79 Å². The van der Waals surface area contributed by atoms with Crippen molar-refractivity contribution < 1.29 is 14.7 Å². The van der Waals surface area contributed by atoms with Crippen molar-refractivity contribution in [3.63, 3.8) is 0 Å². The Morgan fingerprint density at radius 1 is 1.48 bits per heavy atom. The van der Waals surface area contributed by atoms with Gasteiger partial charge in [0.05, 0.1) is 13.0 Å². The van der Waals surface area contributed by atoms with Crippen LogP contribution in [0.5, 0.6) is 0 Å². The molecule has 2 amide bonds. The molecule has 21 heavy (non-hydrogen) atoms. The van der Waals surface area contributed by atoms with Crippen LogP contribution in [0.2, 0.25) is 0 Å². The van der Waals surface area contributed by atoms with Gasteiger partial charge in [-0.05, 0) is 31.2 Å². The number of hydrogen-bond donors (Lipinski definition) is 3. The topological polar surface area (TPSA) is 96.3 Å². The van der Waals surface area contributed by atoms with Crippen LogP contribution < -0.4 is 10.6 Å². The van der Waals surface area contributed by atoms with Gasteiger partial charge >= 0.3 is 12.0 Å². The van der Waals surface area contributed by atoms with Crippen LogP contribution >= 0.6 is 0 Å². The first-order valence-corrected chi connectivity index (χ1v) is 7.23. The number of rotatable bonds is 7. The molecule has 2 rings (SSSR count). The lowest BCUT2D eigenvalue weighted by Gasteiger charge is -2.40. The lowest BCUT2D eigenvalue weighted by Crippen LogP contribution is -2.49. The molecular formula is C14H22N4O3. The van der Waals surface area contributed by atoms with E-state index in [2.05, 4.69) is 15.7 Å². The van der Waals surface area contributed by atoms with E-state index in [1.807, 2.05) is 19.2 Å². The van der Waals surface area contributed by atoms with Crippen molar-refractivity contribution in [1.82, 2.24) is 20.4 Å². The van der Waals surface area contributed by atoms with E-state index in [9.17, 15) is 9.59 Å². The number of carboxylic acid groups (broad SMARTS) is 1. The average molecular weight is 294 g/mol. The number of carbonyl (C=O) groups excluding carboxylic acids is 1. The van der Waals surface area contributed by atoms with Gasteiger partial charge < -0.3 is 15.7 Å². The molecule has 1 aliphatic rings. The molecule has 3 N–H and O–H groups in total. The predicted molar refractivity (Wildman–Crippen MR) is 76.8 cm³/mol. The number of hydrogen-bond acceptors (Lipinski definition) is 3. The first kappa shape index (κ1) is 15.3. The first-order valence-electron chi connectivity index (χ1n) is 7.23. The third kappa shape index (κ3) is 4.47. The molecule has 1 aromatic rings. The minimum atomic E-state index is -0.802. The number of carboxylic acids is 1. The first-order chi connectivity index (χ1) is 9.99. The quantitative estimate of drug-likeness (QED) is 0.704. The maximum atomic E-state index is 11.9. The largest absolute Gasteiger partial charge is 0.481 e. The summed E-state index contributed by atoms with van der Waals surface area (Å²) in [6.45, 7) is 2.91. The van der Waals surface area contributed by atoms with Crippen LogP contribution in [-0.4, -0.2) is 39.5 Å². The van der Waals surface area contributed by atoms with Gasteiger partial charge in [-0.2, -0.15) is 5.10 Å². The fourth-order valence-electron chi connectivity index (χ4n) is 2.69. The molecule has 1 atom stereocenters. The van der Waals surface area contributed by atoms with Crippen molar-refractivity contribution in [2.45, 2.75) is 45.2 Å². The Morgan fingerprint density at radius 3 is 2.76 bits per heavy atom. The highest BCUT2D eigenvalue weighted by molar-refractivity contribution is 5.74. The number of aromatic nitrogens is 2. The van der Waals surface area contributed by atoms with Crippen LogP contribution in [0, 0.1) is 5.41 Å². The summed E-state index contributed by atoms with van der Waals surface area (Å²) in [5.74, 6) is -0.802. The second-order valence-electron chi connectivity index (χ2n) is 5.88. The summed E-state index contributed by atoms with van der Waals surface area (Å²) in [6.07, 6.45) is 6.42. The molecule has 0 saturated heterocycles. The minimum Gasteiger partial charge on any atom is -0.481 e. The van der Waals surface area contributed by atoms with Crippen molar-refractivity contribution in [3.8, 4) is 0 Å². The van der Waals surface area contributed by atoms with Crippen molar-refractivity contribution in [3.05, 3.63) is 18.5 Å². The number of amides is 2. The monoisotopic (exact) mass is 294 g/mol. The fourth-order valence-corrected chi connectivity index (χ4v) is 2.69. The van der Waals surface area contributed by atoms with Crippen molar-refractivity contribution in [2.24, 2.45) is 5.41 Å². The molecule has 7 heteroatoms. The molecule has 0 radical (unpaired) electrons. The third-order valence-electron chi connectivity index (χ3n) is 3.96. The van der Waals surface area contributed by atoms with E-state index in [1.165, 1.54) is 0 Å². The summed E-state index contributed by atoms with van der Waals surface area (Å²) in [6, 6.07) is 1.52. The predicted octanol–water partition coefficient (Wildman–Crippen LogP) is 1.22. The number of aliphatic carboxylic acids is 1. The highest BCUT2D eigenvalue weighted by Crippen LogP contribution is 2.43. The third-order valence-corrected chi connectivity index (χ3v) is 3.96. The van der Waals surface area contributed by atoms with Crippen LogP contribution in [-0.2, 0) is 11.3 Å². The smallest absolute Gasteiger partial charge is 0.315 e. The summed E-state index contributed by atoms with van der Waals surface area (Å²) in [7, 11) is 0. The van der Waals surface area contributed by atoms with Crippen LogP contribution in [0.25, 0.3) is 0 Å². The highest BCUT2D eigenvalue weighted by atomic mass is 16.4. The molecule has 0 aromatic carbocycles. The molecule has 1 saturated carbocycles. The van der Waals surface area contributed by atoms with E-state index in [1.54, 1.807) is 10.9 Å². The summed E-state index contributed by atoms with van der Waals surface area (Å²) >= 11 is 0. The molecule has 116 valence electrons. The highest BCUT2D eigenvalue weighted by Gasteiger charge is 2.39. The molecule has 1 unspecified atom stereocenters. The zero-order chi connectivity index (χ0) is 15.3. The minimum absolute atomic E-state index is 0.0540. The maximum absolute atomic E-state index is 11.9. The molecule has 0 bridgehead atoms. The second-order valence-corrected chi connectivity index (χ2v) is 5.88. The zero-order valence-electron chi connectivity index (χ0n) is 12.2. The summed E-state index contributed by atoms with van der Waals surface area (Å²) < 4.78 is 1.75. The molecule has 0 aliphatic heterocycles. The Morgan fingerprint density at radius 2 is 2.24 bits per heavy atom. The van der Waals surface area contributed by atoms with Crippen LogP contribution in [0.1, 0.15) is 32.6 Å². The van der Waals surface area contributed by atoms with E-state index in [4.69, 9.17) is 5.11 Å². The summed E-state index contributed by atoms with van der Waals surface area (Å²) in [4.78, 5) is 22.7. The SMILES string of the molecule is CC(Cn1cccn1)NC(=O)NCC1(CC(=O)O)CCC1. The van der Waals surface area contributed by atoms with Crippen LogP contribution in [0.15, 0.2) is 18.5 Å². The molecule has 1 aromatic heterocycles. The molecular weight excluding hydrogens is 272 g/mol. The van der Waals surface area contributed by atoms with Gasteiger partial charge in [-0.25, -0.2) is 4.79 Å². The van der Waals surface area contributed by atoms with Crippen molar-refractivity contribution in [1.29, 1.82) is 0 Å². The summed E-state index contributed by atoms with van der Waals surface area (Å²) in [5, 5.41) is 18.6. The number of nitrogens with one attached hydrogen (secondary N) is 2. The fraction of sp³-hybridized carbons (Fsp3) is 0.643. The van der Waals surface area contributed by atoms with Crippen molar-refractivity contribution in [2.75, 3.05) is 6.54 Å². The van der Waals surface area contributed by atoms with Gasteiger partial charge in [-0.1, -0.05) is 6.42 Å². The van der Waals surface area contributed by atoms with Gasteiger partial charge in [0, 0.05) is 25.0 Å². The molecule has 1 aliphatic carbocycles. The van der Waals surface area contributed by atoms with E-state index in [-0.39, 0.29) is 23.9 Å². The lowest BCUT2D eigenvalue weighted by atomic mass is 9.66. The average Bonchev–Trinajstić information content (AvgIpc) is 2.84. The van der Waals surface area contributed by atoms with Gasteiger partial charge in [0.15, 0.2) is 0 Å². The van der Waals surface area contributed by atoms with E-state index in [0.717, 1.165) is 19.3 Å². The standard InChI is InChI=1S/C14H22N4O3/c1-11(9-18-7-3-6-16-18)17-13(21)15-10-14(4-2-5-14)8-12(19)20/h3,6-7,11H,2,4-5,8-10H2,1H3,(H,19,20)(H2,15,17,21). The van der Waals surface area contributed by atoms with Gasteiger partial charge in [0.2, 0.25) is 0 Å². The normalized spacial score (nSPS) is 17.6. The number of carbonyl (C=O) groups is 2. The van der Waals surface area contributed by atoms with Gasteiger partial charge in [0.1, 0.15) is 0 Å². The van der Waals surface area contributed by atoms with E-state index < -0.39 is 5.97 Å². The van der Waals surface area contributed by atoms with Crippen LogP contribution in [0.3, 0.4) is 0 Å². The Bertz CT molecular complexity index is 482. The van der Waals surface area contributed by atoms with Gasteiger partial charge in [-0.3, -0.25) is 9.48 Å². The number of urea groups is 1. The van der Waals surface area contributed by atoms with E-state index >= 15 is 0 Å². The number of nitrogens with zero attached hydrogens (tertiary/aromatic N) is 2. The summed E-state index contributed by atoms with van der Waals surface area (Å²) in [5.41, 5.74) is -0.256. The Kier molecular flexibility index (Phi) is 4.82. The second kappa shape index (κ2) is 6.60. The lowest BCUT2D eigenvalue weighted by molar-refractivity contribution is -0.141. The Labute approximate surface area is 123 Å². The van der Waals surface area contributed by atoms with E-state index in [0.29, 0.717) is 13.1 Å². The molecule has 1 heterocycles. The Hall–Kier alpha value is -2.05. The van der Waals surface area contributed by atoms with Gasteiger partial charge in [0.25, 0.3) is 0 Å². The Balaban J connectivity index is 1.72. The molecule has 1 fully saturated rings. The van der Waals surface area contributed by atoms with Crippen molar-refractivity contribution >= 4 is 12.0 Å². The molecule has 7 nitrogen and oxygen atoms in total. The van der Waals surface area contributed by atoms with Gasteiger partial charge in [-0.15, -0.1) is 0 Å².